The number of benzene rings is 3. The number of thiocarbonyl (C=S) groups is 1. The van der Waals surface area contributed by atoms with Crippen LogP contribution in [0.2, 0.25) is 5.02 Å². The summed E-state index contributed by atoms with van der Waals surface area (Å²) in [5.74, 6) is 1.05. The van der Waals surface area contributed by atoms with Gasteiger partial charge in [0, 0.05) is 43.0 Å². The van der Waals surface area contributed by atoms with Gasteiger partial charge < -0.3 is 24.6 Å². The molecule has 1 heterocycles. The highest BCUT2D eigenvalue weighted by Gasteiger charge is 2.23. The van der Waals surface area contributed by atoms with Crippen molar-refractivity contribution in [1.82, 2.24) is 10.2 Å². The molecule has 3 aromatic rings. The first-order chi connectivity index (χ1) is 19.7. The second-order valence-electron chi connectivity index (χ2n) is 9.92. The Morgan fingerprint density at radius 1 is 0.951 bits per heavy atom. The molecule has 0 radical (unpaired) electrons. The smallest absolute Gasteiger partial charge is 0.257 e. The molecule has 1 saturated heterocycles. The Kier molecular flexibility index (Phi) is 10.4. The van der Waals surface area contributed by atoms with Crippen molar-refractivity contribution in [3.05, 3.63) is 82.9 Å². The summed E-state index contributed by atoms with van der Waals surface area (Å²) in [5, 5.41) is 6.42. The SMILES string of the molecule is CCCOc1ccc(C(=O)N2CCN(c3ccc(NC(=S)NC(=O)c4cccc(OC(C)C)c4)cc3Cl)CC2)cc1. The Balaban J connectivity index is 1.29. The van der Waals surface area contributed by atoms with Crippen molar-refractivity contribution in [2.75, 3.05) is 43.0 Å². The second-order valence-corrected chi connectivity index (χ2v) is 10.7. The fourth-order valence-corrected chi connectivity index (χ4v) is 4.92. The van der Waals surface area contributed by atoms with E-state index in [1.54, 1.807) is 30.3 Å². The van der Waals surface area contributed by atoms with E-state index in [4.69, 9.17) is 33.3 Å². The molecule has 1 aliphatic heterocycles. The average Bonchev–Trinajstić information content (AvgIpc) is 2.96. The highest BCUT2D eigenvalue weighted by atomic mass is 35.5. The Bertz CT molecular complexity index is 1370. The Morgan fingerprint density at radius 2 is 1.68 bits per heavy atom. The van der Waals surface area contributed by atoms with E-state index in [1.165, 1.54) is 0 Å². The van der Waals surface area contributed by atoms with Gasteiger partial charge in [0.05, 0.1) is 23.4 Å². The maximum absolute atomic E-state index is 13.0. The zero-order valence-corrected chi connectivity index (χ0v) is 25.1. The number of halogens is 1. The topological polar surface area (TPSA) is 83.1 Å². The number of piperazine rings is 1. The summed E-state index contributed by atoms with van der Waals surface area (Å²) in [6, 6.07) is 19.8. The third-order valence-corrected chi connectivity index (χ3v) is 6.89. The summed E-state index contributed by atoms with van der Waals surface area (Å²) in [6.45, 7) is 9.05. The molecule has 0 aromatic heterocycles. The van der Waals surface area contributed by atoms with Crippen molar-refractivity contribution in [1.29, 1.82) is 0 Å². The molecule has 0 atom stereocenters. The minimum absolute atomic E-state index is 0.00378. The number of rotatable bonds is 9. The summed E-state index contributed by atoms with van der Waals surface area (Å²) in [6.07, 6.45) is 0.939. The van der Waals surface area contributed by atoms with Crippen LogP contribution in [0.3, 0.4) is 0 Å². The van der Waals surface area contributed by atoms with Crippen LogP contribution < -0.4 is 25.0 Å². The van der Waals surface area contributed by atoms with Crippen LogP contribution in [-0.2, 0) is 0 Å². The fraction of sp³-hybridized carbons (Fsp3) is 0.323. The predicted octanol–water partition coefficient (Wildman–Crippen LogP) is 6.01. The number of hydrogen-bond donors (Lipinski definition) is 2. The molecule has 41 heavy (non-hydrogen) atoms. The number of amides is 2. The van der Waals surface area contributed by atoms with E-state index in [2.05, 4.69) is 22.5 Å². The molecule has 2 amide bonds. The lowest BCUT2D eigenvalue weighted by Gasteiger charge is -2.36. The maximum Gasteiger partial charge on any atom is 0.257 e. The van der Waals surface area contributed by atoms with Crippen LogP contribution in [0.5, 0.6) is 11.5 Å². The van der Waals surface area contributed by atoms with Crippen LogP contribution in [0.25, 0.3) is 0 Å². The van der Waals surface area contributed by atoms with Gasteiger partial charge in [0.15, 0.2) is 5.11 Å². The minimum atomic E-state index is -0.340. The van der Waals surface area contributed by atoms with Gasteiger partial charge in [-0.2, -0.15) is 0 Å². The van der Waals surface area contributed by atoms with Gasteiger partial charge in [-0.25, -0.2) is 0 Å². The highest BCUT2D eigenvalue weighted by Crippen LogP contribution is 2.30. The third kappa shape index (κ3) is 8.34. The van der Waals surface area contributed by atoms with E-state index in [1.807, 2.05) is 55.1 Å². The lowest BCUT2D eigenvalue weighted by Crippen LogP contribution is -2.48. The van der Waals surface area contributed by atoms with Crippen molar-refractivity contribution in [2.24, 2.45) is 0 Å². The largest absolute Gasteiger partial charge is 0.494 e. The van der Waals surface area contributed by atoms with Gasteiger partial charge in [-0.1, -0.05) is 24.6 Å². The number of carbonyl (C=O) groups is 2. The van der Waals surface area contributed by atoms with Gasteiger partial charge >= 0.3 is 0 Å². The molecule has 0 bridgehead atoms. The quantitative estimate of drug-likeness (QED) is 0.294. The van der Waals surface area contributed by atoms with Crippen LogP contribution in [0, 0.1) is 0 Å². The minimum Gasteiger partial charge on any atom is -0.494 e. The Morgan fingerprint density at radius 3 is 2.34 bits per heavy atom. The van der Waals surface area contributed by atoms with Crippen molar-refractivity contribution in [3.63, 3.8) is 0 Å². The molecule has 3 aromatic carbocycles. The fourth-order valence-electron chi connectivity index (χ4n) is 4.41. The van der Waals surface area contributed by atoms with E-state index >= 15 is 0 Å². The number of nitrogens with one attached hydrogen (secondary N) is 2. The monoisotopic (exact) mass is 594 g/mol. The second kappa shape index (κ2) is 14.2. The number of hydrogen-bond acceptors (Lipinski definition) is 6. The molecule has 0 unspecified atom stereocenters. The molecule has 8 nitrogen and oxygen atoms in total. The highest BCUT2D eigenvalue weighted by molar-refractivity contribution is 7.80. The van der Waals surface area contributed by atoms with E-state index < -0.39 is 0 Å². The van der Waals surface area contributed by atoms with Gasteiger partial charge in [0.25, 0.3) is 11.8 Å². The van der Waals surface area contributed by atoms with E-state index in [0.29, 0.717) is 60.4 Å². The summed E-state index contributed by atoms with van der Waals surface area (Å²) in [7, 11) is 0. The Hall–Kier alpha value is -3.82. The molecule has 10 heteroatoms. The van der Waals surface area contributed by atoms with Crippen LogP contribution in [0.1, 0.15) is 47.9 Å². The molecule has 1 aliphatic rings. The normalized spacial score (nSPS) is 13.1. The first-order valence-corrected chi connectivity index (χ1v) is 14.5. The number of nitrogens with zero attached hydrogens (tertiary/aromatic N) is 2. The van der Waals surface area contributed by atoms with Gasteiger partial charge in [-0.15, -0.1) is 0 Å². The number of ether oxygens (including phenoxy) is 2. The van der Waals surface area contributed by atoms with Gasteiger partial charge in [-0.3, -0.25) is 14.9 Å². The molecular formula is C31H35ClN4O4S. The zero-order valence-electron chi connectivity index (χ0n) is 23.5. The Labute approximate surface area is 251 Å². The molecule has 0 spiro atoms. The molecule has 4 rings (SSSR count). The first-order valence-electron chi connectivity index (χ1n) is 13.7. The van der Waals surface area contributed by atoms with Crippen LogP contribution >= 0.6 is 23.8 Å². The van der Waals surface area contributed by atoms with E-state index in [9.17, 15) is 9.59 Å². The third-order valence-electron chi connectivity index (χ3n) is 6.38. The standard InChI is InChI=1S/C31H35ClN4O4S/c1-4-18-39-25-11-8-22(9-12-25)30(38)36-16-14-35(15-17-36)28-13-10-24(20-27(28)32)33-31(41)34-29(37)23-6-5-7-26(19-23)40-21(2)3/h5-13,19-21H,4,14-18H2,1-3H3,(H2,33,34,37,41). The molecule has 1 fully saturated rings. The summed E-state index contributed by atoms with van der Waals surface area (Å²) in [5.41, 5.74) is 2.62. The zero-order chi connectivity index (χ0) is 29.4. The van der Waals surface area contributed by atoms with E-state index in [0.717, 1.165) is 17.9 Å². The van der Waals surface area contributed by atoms with Crippen LogP contribution in [-0.4, -0.2) is 60.7 Å². The first kappa shape index (κ1) is 30.1. The number of anilines is 2. The molecular weight excluding hydrogens is 560 g/mol. The maximum atomic E-state index is 13.0. The van der Waals surface area contributed by atoms with E-state index in [-0.39, 0.29) is 23.0 Å². The van der Waals surface area contributed by atoms with Crippen LogP contribution in [0.4, 0.5) is 11.4 Å². The molecule has 216 valence electrons. The summed E-state index contributed by atoms with van der Waals surface area (Å²) in [4.78, 5) is 29.7. The van der Waals surface area contributed by atoms with Crippen molar-refractivity contribution in [2.45, 2.75) is 33.3 Å². The van der Waals surface area contributed by atoms with Crippen molar-refractivity contribution < 1.29 is 19.1 Å². The summed E-state index contributed by atoms with van der Waals surface area (Å²) >= 11 is 12.0. The van der Waals surface area contributed by atoms with Crippen LogP contribution in [0.15, 0.2) is 66.7 Å². The van der Waals surface area contributed by atoms with Crippen molar-refractivity contribution in [3.8, 4) is 11.5 Å². The van der Waals surface area contributed by atoms with Crippen molar-refractivity contribution >= 4 is 52.1 Å². The molecule has 2 N–H and O–H groups in total. The molecule has 0 aliphatic carbocycles. The lowest BCUT2D eigenvalue weighted by atomic mass is 10.1. The van der Waals surface area contributed by atoms with Gasteiger partial charge in [-0.05, 0) is 93.1 Å². The molecule has 0 saturated carbocycles. The van der Waals surface area contributed by atoms with Gasteiger partial charge in [0.2, 0.25) is 0 Å². The number of carbonyl (C=O) groups excluding carboxylic acids is 2. The summed E-state index contributed by atoms with van der Waals surface area (Å²) < 4.78 is 11.3. The predicted molar refractivity (Wildman–Crippen MR) is 168 cm³/mol. The van der Waals surface area contributed by atoms with Gasteiger partial charge in [0.1, 0.15) is 11.5 Å². The average molecular weight is 595 g/mol. The lowest BCUT2D eigenvalue weighted by molar-refractivity contribution is 0.0746.